The molecular formula is C39H45NO6Si. The number of rotatable bonds is 14. The Bertz CT molecular complexity index is 1580. The average molecular weight is 652 g/mol. The molecular weight excluding hydrogens is 607 g/mol. The van der Waals surface area contributed by atoms with E-state index in [4.69, 9.17) is 18.6 Å². The molecule has 4 rings (SSSR count). The molecule has 0 heterocycles. The molecule has 4 aromatic rings. The Morgan fingerprint density at radius 3 is 1.64 bits per heavy atom. The molecule has 0 N–H and O–H groups in total. The second kappa shape index (κ2) is 17.8. The second-order valence-corrected chi connectivity index (χ2v) is 17.0. The van der Waals surface area contributed by atoms with E-state index in [0.717, 1.165) is 22.4 Å². The van der Waals surface area contributed by atoms with Crippen LogP contribution < -0.4 is 9.47 Å². The Morgan fingerprint density at radius 1 is 0.745 bits per heavy atom. The summed E-state index contributed by atoms with van der Waals surface area (Å²) in [5.41, 5.74) is 2.83. The Balaban J connectivity index is 0.000000257. The lowest BCUT2D eigenvalue weighted by molar-refractivity contribution is -0.144. The van der Waals surface area contributed by atoms with Gasteiger partial charge >= 0.3 is 5.97 Å². The number of carbonyl (C=O) groups is 2. The van der Waals surface area contributed by atoms with Crippen LogP contribution in [0.4, 0.5) is 0 Å². The third-order valence-corrected chi connectivity index (χ3v) is 7.83. The lowest BCUT2D eigenvalue weighted by Crippen LogP contribution is -2.28. The van der Waals surface area contributed by atoms with Crippen LogP contribution in [0, 0.1) is 16.7 Å². The highest BCUT2D eigenvalue weighted by molar-refractivity contribution is 6.69. The minimum Gasteiger partial charge on any atom is -0.489 e. The maximum Gasteiger partial charge on any atom is 0.306 e. The topological polar surface area (TPSA) is 94.9 Å². The summed E-state index contributed by atoms with van der Waals surface area (Å²) in [7, 11) is -1.75. The molecule has 0 aliphatic carbocycles. The van der Waals surface area contributed by atoms with E-state index >= 15 is 0 Å². The van der Waals surface area contributed by atoms with Crippen molar-refractivity contribution >= 4 is 20.1 Å². The van der Waals surface area contributed by atoms with Crippen molar-refractivity contribution in [3.05, 3.63) is 131 Å². The van der Waals surface area contributed by atoms with E-state index in [9.17, 15) is 14.9 Å². The molecule has 0 saturated carbocycles. The van der Waals surface area contributed by atoms with Crippen LogP contribution in [0.5, 0.6) is 11.5 Å². The van der Waals surface area contributed by atoms with E-state index in [1.54, 1.807) is 45.0 Å². The van der Waals surface area contributed by atoms with Gasteiger partial charge in [-0.25, -0.2) is 0 Å². The van der Waals surface area contributed by atoms with Gasteiger partial charge in [-0.2, -0.15) is 5.26 Å². The van der Waals surface area contributed by atoms with Crippen molar-refractivity contribution in [3.8, 4) is 17.6 Å². The van der Waals surface area contributed by atoms with Crippen molar-refractivity contribution in [1.29, 1.82) is 5.26 Å². The summed E-state index contributed by atoms with van der Waals surface area (Å²) in [6.45, 7) is 12.8. The van der Waals surface area contributed by atoms with E-state index in [1.165, 1.54) is 0 Å². The summed E-state index contributed by atoms with van der Waals surface area (Å²) in [6.07, 6.45) is -0.443. The fourth-order valence-corrected chi connectivity index (χ4v) is 5.39. The van der Waals surface area contributed by atoms with Gasteiger partial charge in [0.2, 0.25) is 0 Å². The summed E-state index contributed by atoms with van der Waals surface area (Å²) >= 11 is 0. The molecule has 0 bridgehead atoms. The van der Waals surface area contributed by atoms with E-state index < -0.39 is 19.8 Å². The first-order valence-corrected chi connectivity index (χ1v) is 19.1. The van der Waals surface area contributed by atoms with Crippen molar-refractivity contribution in [1.82, 2.24) is 0 Å². The minimum atomic E-state index is -1.75. The molecule has 0 fully saturated rings. The van der Waals surface area contributed by atoms with Crippen LogP contribution >= 0.6 is 0 Å². The number of nitrogens with zero attached hydrogens (tertiary/aromatic N) is 1. The number of nitriles is 1. The summed E-state index contributed by atoms with van der Waals surface area (Å²) in [5, 5.41) is 9.28. The smallest absolute Gasteiger partial charge is 0.306 e. The number of ether oxygens (including phenoxy) is 3. The zero-order chi connectivity index (χ0) is 34.3. The number of benzene rings is 4. The summed E-state index contributed by atoms with van der Waals surface area (Å²) < 4.78 is 22.3. The molecule has 47 heavy (non-hydrogen) atoms. The highest BCUT2D eigenvalue weighted by Gasteiger charge is 2.32. The zero-order valence-electron chi connectivity index (χ0n) is 28.2. The first-order valence-electron chi connectivity index (χ1n) is 15.7. The molecule has 8 heteroatoms. The number of hydrogen-bond donors (Lipinski definition) is 0. The number of carbonyl (C=O) groups excluding carboxylic acids is 2. The molecule has 1 unspecified atom stereocenters. The molecule has 0 amide bonds. The summed E-state index contributed by atoms with van der Waals surface area (Å²) in [6, 6.07) is 36.7. The number of Topliss-reactive ketones (excluding diaryl/α,β-unsaturated/α-hetero) is 1. The number of ketones is 1. The van der Waals surface area contributed by atoms with Crippen LogP contribution in [-0.4, -0.2) is 26.7 Å². The Hall–Kier alpha value is -4.71. The first-order chi connectivity index (χ1) is 22.4. The maximum absolute atomic E-state index is 12.6. The highest BCUT2D eigenvalue weighted by atomic mass is 28.4. The predicted octanol–water partition coefficient (Wildman–Crippen LogP) is 9.11. The SMILES string of the molecule is CCOC(=O)CC(C)(C)C(=O)c1ccc(OCc2ccccc2)cc1.C[Si](C)(C)OC(C#N)c1ccc(OCc2ccccc2)cc1. The van der Waals surface area contributed by atoms with Gasteiger partial charge in [-0.15, -0.1) is 0 Å². The Morgan fingerprint density at radius 2 is 1.21 bits per heavy atom. The fourth-order valence-electron chi connectivity index (χ4n) is 4.49. The van der Waals surface area contributed by atoms with E-state index in [-0.39, 0.29) is 18.2 Å². The third kappa shape index (κ3) is 12.9. The molecule has 1 atom stereocenters. The molecule has 0 radical (unpaired) electrons. The first kappa shape index (κ1) is 36.8. The molecule has 246 valence electrons. The van der Waals surface area contributed by atoms with Gasteiger partial charge < -0.3 is 18.6 Å². The molecule has 0 saturated heterocycles. The van der Waals surface area contributed by atoms with Gasteiger partial charge in [-0.1, -0.05) is 86.6 Å². The number of esters is 1. The van der Waals surface area contributed by atoms with E-state index in [0.29, 0.717) is 31.1 Å². The fraction of sp³-hybridized carbons (Fsp3) is 0.308. The van der Waals surface area contributed by atoms with Crippen molar-refractivity contribution < 1.29 is 28.2 Å². The Kier molecular flexibility index (Phi) is 14.0. The molecule has 0 aromatic heterocycles. The van der Waals surface area contributed by atoms with Crippen molar-refractivity contribution in [2.24, 2.45) is 5.41 Å². The summed E-state index contributed by atoms with van der Waals surface area (Å²) in [4.78, 5) is 24.3. The van der Waals surface area contributed by atoms with Crippen LogP contribution in [0.3, 0.4) is 0 Å². The van der Waals surface area contributed by atoms with Gasteiger partial charge in [0.05, 0.1) is 19.1 Å². The molecule has 0 aliphatic heterocycles. The van der Waals surface area contributed by atoms with Crippen molar-refractivity contribution in [2.75, 3.05) is 6.61 Å². The van der Waals surface area contributed by atoms with Crippen molar-refractivity contribution in [3.63, 3.8) is 0 Å². The third-order valence-electron chi connectivity index (χ3n) is 6.89. The zero-order valence-corrected chi connectivity index (χ0v) is 29.2. The van der Waals surface area contributed by atoms with Gasteiger partial charge in [-0.05, 0) is 79.7 Å². The largest absolute Gasteiger partial charge is 0.489 e. The highest BCUT2D eigenvalue weighted by Crippen LogP contribution is 2.28. The van der Waals surface area contributed by atoms with Gasteiger partial charge in [0.15, 0.2) is 20.2 Å². The molecule has 7 nitrogen and oxygen atoms in total. The monoisotopic (exact) mass is 651 g/mol. The van der Waals surface area contributed by atoms with Crippen LogP contribution in [0.25, 0.3) is 0 Å². The van der Waals surface area contributed by atoms with Crippen LogP contribution in [0.15, 0.2) is 109 Å². The van der Waals surface area contributed by atoms with Gasteiger partial charge in [-0.3, -0.25) is 9.59 Å². The van der Waals surface area contributed by atoms with Crippen LogP contribution in [0.1, 0.15) is 60.3 Å². The molecule has 4 aromatic carbocycles. The Labute approximate surface area is 280 Å². The van der Waals surface area contributed by atoms with Crippen molar-refractivity contribution in [2.45, 2.75) is 66.2 Å². The lowest BCUT2D eigenvalue weighted by atomic mass is 9.81. The molecule has 0 spiro atoms. The van der Waals surface area contributed by atoms with Gasteiger partial charge in [0, 0.05) is 11.0 Å². The quantitative estimate of drug-likeness (QED) is 0.0762. The van der Waals surface area contributed by atoms with E-state index in [1.807, 2.05) is 84.9 Å². The second-order valence-electron chi connectivity index (χ2n) is 12.6. The average Bonchev–Trinajstić information content (AvgIpc) is 3.06. The minimum absolute atomic E-state index is 0.0614. The molecule has 0 aliphatic rings. The lowest BCUT2D eigenvalue weighted by Gasteiger charge is -2.22. The van der Waals surface area contributed by atoms with Crippen LogP contribution in [0.2, 0.25) is 19.6 Å². The number of hydrogen-bond acceptors (Lipinski definition) is 7. The maximum atomic E-state index is 12.6. The van der Waals surface area contributed by atoms with Crippen LogP contribution in [-0.2, 0) is 27.2 Å². The predicted molar refractivity (Wildman–Crippen MR) is 187 cm³/mol. The summed E-state index contributed by atoms with van der Waals surface area (Å²) in [5.74, 6) is 1.04. The van der Waals surface area contributed by atoms with Gasteiger partial charge in [0.1, 0.15) is 24.7 Å². The normalized spacial score (nSPS) is 11.7. The van der Waals surface area contributed by atoms with E-state index in [2.05, 4.69) is 25.7 Å². The standard InChI is InChI=1S/C21H24O4.C18H21NO2Si/c1-4-24-19(22)14-21(2,3)20(23)17-10-12-18(13-11-17)25-15-16-8-6-5-7-9-16;1-22(2,3)21-18(13-19)16-9-11-17(12-10-16)20-14-15-7-5-4-6-8-15/h5-13H,4,14-15H2,1-3H3;4-12,18H,14H2,1-3H3. The van der Waals surface area contributed by atoms with Gasteiger partial charge in [0.25, 0.3) is 0 Å².